The Balaban J connectivity index is 1.77. The third-order valence-corrected chi connectivity index (χ3v) is 5.50. The van der Waals surface area contributed by atoms with Crippen molar-refractivity contribution in [3.8, 4) is 0 Å². The molecule has 0 radical (unpaired) electrons. The minimum Gasteiger partial charge on any atom is -0.337 e. The fraction of sp³-hybridized carbons (Fsp3) is 0.111. The summed E-state index contributed by atoms with van der Waals surface area (Å²) in [5, 5.41) is 7.49. The Morgan fingerprint density at radius 3 is 2.62 bits per heavy atom. The largest absolute Gasteiger partial charge is 0.337 e. The van der Waals surface area contributed by atoms with Gasteiger partial charge in [0.15, 0.2) is 0 Å². The van der Waals surface area contributed by atoms with Crippen molar-refractivity contribution in [2.24, 2.45) is 5.10 Å². The molecule has 2 aliphatic rings. The number of amides is 1. The predicted octanol–water partition coefficient (Wildman–Crippen LogP) is 4.52. The van der Waals surface area contributed by atoms with E-state index in [-0.39, 0.29) is 5.91 Å². The number of anilines is 2. The molecule has 0 fully saturated rings. The van der Waals surface area contributed by atoms with Crippen LogP contribution in [0.5, 0.6) is 0 Å². The molecular weight excluding hydrogens is 342 g/mol. The van der Waals surface area contributed by atoms with E-state index in [9.17, 15) is 4.79 Å². The molecule has 0 saturated heterocycles. The van der Waals surface area contributed by atoms with Gasteiger partial charge in [0, 0.05) is 17.0 Å². The summed E-state index contributed by atoms with van der Waals surface area (Å²) in [7, 11) is 1.95. The summed E-state index contributed by atoms with van der Waals surface area (Å²) in [5.41, 5.74) is 3.13. The van der Waals surface area contributed by atoms with Gasteiger partial charge in [-0.1, -0.05) is 41.6 Å². The Morgan fingerprint density at radius 2 is 1.88 bits per heavy atom. The van der Waals surface area contributed by atoms with Crippen molar-refractivity contribution in [1.82, 2.24) is 0 Å². The fourth-order valence-corrected chi connectivity index (χ4v) is 4.22. The zero-order chi connectivity index (χ0) is 16.8. The van der Waals surface area contributed by atoms with Gasteiger partial charge in [-0.25, -0.2) is 0 Å². The third kappa shape index (κ3) is 2.32. The Labute approximate surface area is 149 Å². The number of hydrogen-bond donors (Lipinski definition) is 0. The van der Waals surface area contributed by atoms with E-state index in [0.29, 0.717) is 10.6 Å². The van der Waals surface area contributed by atoms with Gasteiger partial charge in [-0.05, 0) is 37.3 Å². The molecule has 120 valence electrons. The van der Waals surface area contributed by atoms with Crippen LogP contribution in [-0.2, 0) is 4.79 Å². The second-order valence-corrected chi connectivity index (χ2v) is 7.06. The van der Waals surface area contributed by atoms with Crippen LogP contribution in [0.15, 0.2) is 69.1 Å². The predicted molar refractivity (Wildman–Crippen MR) is 99.8 cm³/mol. The summed E-state index contributed by atoms with van der Waals surface area (Å²) in [6, 6.07) is 15.2. The van der Waals surface area contributed by atoms with Crippen LogP contribution in [0.3, 0.4) is 0 Å². The molecule has 2 aliphatic heterocycles. The normalized spacial score (nSPS) is 19.8. The highest BCUT2D eigenvalue weighted by atomic mass is 35.5. The first-order chi connectivity index (χ1) is 11.6. The maximum atomic E-state index is 13.0. The Bertz CT molecular complexity index is 908. The number of halogens is 1. The van der Waals surface area contributed by atoms with Crippen molar-refractivity contribution < 1.29 is 4.79 Å². The molecule has 2 aromatic carbocycles. The quantitative estimate of drug-likeness (QED) is 0.706. The van der Waals surface area contributed by atoms with Crippen LogP contribution in [-0.4, -0.2) is 18.7 Å². The van der Waals surface area contributed by atoms with E-state index in [4.69, 9.17) is 11.6 Å². The van der Waals surface area contributed by atoms with Gasteiger partial charge in [-0.2, -0.15) is 10.1 Å². The van der Waals surface area contributed by atoms with Crippen molar-refractivity contribution >= 4 is 46.4 Å². The fourth-order valence-electron chi connectivity index (χ4n) is 2.84. The number of thioether (sulfide) groups is 1. The lowest BCUT2D eigenvalue weighted by atomic mass is 10.2. The Morgan fingerprint density at radius 1 is 1.12 bits per heavy atom. The molecule has 2 heterocycles. The summed E-state index contributed by atoms with van der Waals surface area (Å²) in [5.74, 6) is -0.105. The van der Waals surface area contributed by atoms with E-state index in [1.54, 1.807) is 11.8 Å². The van der Waals surface area contributed by atoms with Crippen LogP contribution < -0.4 is 9.91 Å². The molecule has 4 rings (SSSR count). The number of fused-ring (bicyclic) bond motifs is 1. The number of nitrogens with zero attached hydrogens (tertiary/aromatic N) is 3. The molecule has 0 unspecified atom stereocenters. The standard InChI is InChI=1S/C18H14ClN3OS/c1-11-16(17(23)22(20-11)13-6-4-3-5-7-13)18-21(2)14-10-12(19)8-9-15(14)24-18/h3-10H,1-2H3. The molecule has 4 nitrogen and oxygen atoms in total. The molecule has 1 amide bonds. The van der Waals surface area contributed by atoms with Crippen molar-refractivity contribution in [2.75, 3.05) is 17.0 Å². The summed E-state index contributed by atoms with van der Waals surface area (Å²) < 4.78 is 0. The minimum atomic E-state index is -0.105. The van der Waals surface area contributed by atoms with Gasteiger partial charge in [0.05, 0.1) is 27.7 Å². The molecule has 0 spiro atoms. The summed E-state index contributed by atoms with van der Waals surface area (Å²) in [6.45, 7) is 1.87. The molecule has 24 heavy (non-hydrogen) atoms. The van der Waals surface area contributed by atoms with Gasteiger partial charge in [0.1, 0.15) is 0 Å². The maximum absolute atomic E-state index is 13.0. The number of carbonyl (C=O) groups is 1. The van der Waals surface area contributed by atoms with E-state index >= 15 is 0 Å². The third-order valence-electron chi connectivity index (χ3n) is 4.03. The molecule has 0 bridgehead atoms. The van der Waals surface area contributed by atoms with E-state index in [0.717, 1.165) is 27.0 Å². The second-order valence-electron chi connectivity index (χ2n) is 5.59. The zero-order valence-corrected chi connectivity index (χ0v) is 14.7. The Hall–Kier alpha value is -2.24. The van der Waals surface area contributed by atoms with Crippen molar-refractivity contribution in [2.45, 2.75) is 11.8 Å². The maximum Gasteiger partial charge on any atom is 0.283 e. The monoisotopic (exact) mass is 355 g/mol. The van der Waals surface area contributed by atoms with Crippen LogP contribution in [0.1, 0.15) is 6.92 Å². The van der Waals surface area contributed by atoms with E-state index in [1.807, 2.05) is 67.4 Å². The summed E-state index contributed by atoms with van der Waals surface area (Å²) in [4.78, 5) is 16.0. The van der Waals surface area contributed by atoms with Crippen LogP contribution in [0, 0.1) is 0 Å². The highest BCUT2D eigenvalue weighted by Crippen LogP contribution is 2.48. The lowest BCUT2D eigenvalue weighted by Gasteiger charge is -2.16. The van der Waals surface area contributed by atoms with Gasteiger partial charge in [0.25, 0.3) is 5.91 Å². The molecule has 0 saturated carbocycles. The molecular formula is C18H14ClN3OS. The van der Waals surface area contributed by atoms with Crippen molar-refractivity contribution in [3.05, 3.63) is 64.2 Å². The number of benzene rings is 2. The molecule has 6 heteroatoms. The molecule has 0 atom stereocenters. The van der Waals surface area contributed by atoms with E-state index < -0.39 is 0 Å². The first-order valence-corrected chi connectivity index (χ1v) is 8.66. The highest BCUT2D eigenvalue weighted by Gasteiger charge is 2.36. The van der Waals surface area contributed by atoms with E-state index in [1.165, 1.54) is 5.01 Å². The van der Waals surface area contributed by atoms with Gasteiger partial charge in [0.2, 0.25) is 0 Å². The van der Waals surface area contributed by atoms with Crippen LogP contribution in [0.2, 0.25) is 5.02 Å². The van der Waals surface area contributed by atoms with Gasteiger partial charge < -0.3 is 4.90 Å². The van der Waals surface area contributed by atoms with E-state index in [2.05, 4.69) is 5.10 Å². The summed E-state index contributed by atoms with van der Waals surface area (Å²) >= 11 is 7.68. The first kappa shape index (κ1) is 15.3. The molecule has 0 aliphatic carbocycles. The van der Waals surface area contributed by atoms with Gasteiger partial charge in [-0.3, -0.25) is 4.79 Å². The number of rotatable bonds is 1. The lowest BCUT2D eigenvalue weighted by molar-refractivity contribution is -0.114. The van der Waals surface area contributed by atoms with Crippen molar-refractivity contribution in [3.63, 3.8) is 0 Å². The lowest BCUT2D eigenvalue weighted by Crippen LogP contribution is -2.24. The van der Waals surface area contributed by atoms with Gasteiger partial charge in [-0.15, -0.1) is 0 Å². The molecule has 0 aromatic heterocycles. The average Bonchev–Trinajstić information content (AvgIpc) is 3.05. The Kier molecular flexibility index (Phi) is 3.62. The van der Waals surface area contributed by atoms with Crippen LogP contribution in [0.4, 0.5) is 11.4 Å². The number of para-hydroxylation sites is 1. The molecule has 0 N–H and O–H groups in total. The average molecular weight is 356 g/mol. The topological polar surface area (TPSA) is 35.9 Å². The first-order valence-electron chi connectivity index (χ1n) is 7.47. The van der Waals surface area contributed by atoms with Crippen molar-refractivity contribution in [1.29, 1.82) is 0 Å². The van der Waals surface area contributed by atoms with Gasteiger partial charge >= 0.3 is 0 Å². The number of carbonyl (C=O) groups excluding carboxylic acids is 1. The minimum absolute atomic E-state index is 0.105. The zero-order valence-electron chi connectivity index (χ0n) is 13.2. The molecule has 2 aromatic rings. The van der Waals surface area contributed by atoms with Crippen LogP contribution in [0.25, 0.3) is 0 Å². The number of hydrazone groups is 1. The SMILES string of the molecule is CC1=NN(c2ccccc2)C(=O)C1=C1Sc2ccc(Cl)cc2N1C. The summed E-state index contributed by atoms with van der Waals surface area (Å²) in [6.07, 6.45) is 0. The van der Waals surface area contributed by atoms with Crippen LogP contribution >= 0.6 is 23.4 Å². The highest BCUT2D eigenvalue weighted by molar-refractivity contribution is 8.03. The second kappa shape index (κ2) is 5.69. The smallest absolute Gasteiger partial charge is 0.283 e. The number of hydrogen-bond acceptors (Lipinski definition) is 4.